The van der Waals surface area contributed by atoms with Crippen LogP contribution in [0.15, 0.2) is 70.3 Å². The topological polar surface area (TPSA) is 119 Å². The molecule has 8 nitrogen and oxygen atoms in total. The molecule has 160 valence electrons. The minimum absolute atomic E-state index is 0.0333. The van der Waals surface area contributed by atoms with E-state index in [1.54, 1.807) is 41.8 Å². The van der Waals surface area contributed by atoms with Crippen molar-refractivity contribution in [3.05, 3.63) is 77.2 Å². The molecule has 3 aromatic rings. The molecule has 2 aromatic carbocycles. The molecule has 0 radical (unpaired) electrons. The number of hydrogen-bond donors (Lipinski definition) is 2. The van der Waals surface area contributed by atoms with Gasteiger partial charge in [0.25, 0.3) is 15.9 Å². The van der Waals surface area contributed by atoms with Crippen molar-refractivity contribution < 1.29 is 27.5 Å². The Hall–Kier alpha value is -3.50. The molecule has 0 aliphatic heterocycles. The standard InChI is InChI=1S/C21H18N2O6S2/c1-14(24)15-6-4-7-16(12-15)22-19(25)13-29-21(26)17-8-2-3-9-18(17)23-31(27,28)20-10-5-11-30-20/h2-12,23H,13H2,1H3,(H,22,25). The van der Waals surface area contributed by atoms with Crippen LogP contribution in [0.5, 0.6) is 0 Å². The van der Waals surface area contributed by atoms with Crippen LogP contribution < -0.4 is 10.0 Å². The van der Waals surface area contributed by atoms with E-state index in [1.807, 2.05) is 0 Å². The van der Waals surface area contributed by atoms with E-state index in [9.17, 15) is 22.8 Å². The molecular weight excluding hydrogens is 440 g/mol. The highest BCUT2D eigenvalue weighted by atomic mass is 32.2. The molecule has 1 heterocycles. The maximum absolute atomic E-state index is 12.5. The number of anilines is 2. The van der Waals surface area contributed by atoms with Crippen molar-refractivity contribution in [3.8, 4) is 0 Å². The van der Waals surface area contributed by atoms with Gasteiger partial charge in [0.05, 0.1) is 11.3 Å². The molecule has 1 amide bonds. The van der Waals surface area contributed by atoms with Crippen LogP contribution >= 0.6 is 11.3 Å². The molecule has 0 aliphatic carbocycles. The summed E-state index contributed by atoms with van der Waals surface area (Å²) in [6.45, 7) is 0.821. The van der Waals surface area contributed by atoms with Crippen molar-refractivity contribution in [1.82, 2.24) is 0 Å². The summed E-state index contributed by atoms with van der Waals surface area (Å²) >= 11 is 1.04. The van der Waals surface area contributed by atoms with Gasteiger partial charge in [-0.05, 0) is 42.6 Å². The van der Waals surface area contributed by atoms with Gasteiger partial charge in [0.2, 0.25) is 0 Å². The Balaban J connectivity index is 1.65. The number of carbonyl (C=O) groups excluding carboxylic acids is 3. The zero-order valence-electron chi connectivity index (χ0n) is 16.3. The smallest absolute Gasteiger partial charge is 0.340 e. The van der Waals surface area contributed by atoms with E-state index in [4.69, 9.17) is 4.74 Å². The van der Waals surface area contributed by atoms with Crippen molar-refractivity contribution in [2.45, 2.75) is 11.1 Å². The Labute approximate surface area is 182 Å². The van der Waals surface area contributed by atoms with Gasteiger partial charge in [0, 0.05) is 11.3 Å². The van der Waals surface area contributed by atoms with Crippen molar-refractivity contribution in [3.63, 3.8) is 0 Å². The summed E-state index contributed by atoms with van der Waals surface area (Å²) in [4.78, 5) is 36.0. The van der Waals surface area contributed by atoms with Gasteiger partial charge in [-0.2, -0.15) is 0 Å². The third kappa shape index (κ3) is 5.77. The van der Waals surface area contributed by atoms with Crippen LogP contribution in [0.3, 0.4) is 0 Å². The van der Waals surface area contributed by atoms with Crippen molar-refractivity contribution >= 4 is 50.4 Å². The first kappa shape index (κ1) is 22.2. The summed E-state index contributed by atoms with van der Waals surface area (Å²) in [6, 6.07) is 15.3. The first-order chi connectivity index (χ1) is 14.8. The molecule has 2 N–H and O–H groups in total. The lowest BCUT2D eigenvalue weighted by molar-refractivity contribution is -0.119. The largest absolute Gasteiger partial charge is 0.452 e. The Morgan fingerprint density at radius 1 is 1.00 bits per heavy atom. The number of Topliss-reactive ketones (excluding diaryl/α,β-unsaturated/α-hetero) is 1. The number of ketones is 1. The zero-order valence-corrected chi connectivity index (χ0v) is 18.0. The molecule has 0 saturated heterocycles. The van der Waals surface area contributed by atoms with Gasteiger partial charge >= 0.3 is 5.97 Å². The fraction of sp³-hybridized carbons (Fsp3) is 0.0952. The second-order valence-corrected chi connectivity index (χ2v) is 9.20. The molecule has 31 heavy (non-hydrogen) atoms. The van der Waals surface area contributed by atoms with Gasteiger partial charge in [0.1, 0.15) is 4.21 Å². The Kier molecular flexibility index (Phi) is 6.83. The predicted octanol–water partition coefficient (Wildman–Crippen LogP) is 3.55. The van der Waals surface area contributed by atoms with E-state index in [2.05, 4.69) is 10.0 Å². The van der Waals surface area contributed by atoms with E-state index in [0.717, 1.165) is 11.3 Å². The second kappa shape index (κ2) is 9.54. The molecule has 0 aliphatic rings. The summed E-state index contributed by atoms with van der Waals surface area (Å²) < 4.78 is 32.4. The van der Waals surface area contributed by atoms with E-state index in [0.29, 0.717) is 11.3 Å². The number of carbonyl (C=O) groups is 3. The van der Waals surface area contributed by atoms with E-state index in [1.165, 1.54) is 31.2 Å². The monoisotopic (exact) mass is 458 g/mol. The number of rotatable bonds is 8. The van der Waals surface area contributed by atoms with Gasteiger partial charge in [-0.25, -0.2) is 13.2 Å². The maximum atomic E-state index is 12.5. The summed E-state index contributed by atoms with van der Waals surface area (Å²) in [5, 5.41) is 4.16. The Morgan fingerprint density at radius 3 is 2.48 bits per heavy atom. The maximum Gasteiger partial charge on any atom is 0.340 e. The van der Waals surface area contributed by atoms with Crippen LogP contribution in [0.25, 0.3) is 0 Å². The second-order valence-electron chi connectivity index (χ2n) is 6.34. The Morgan fingerprint density at radius 2 is 1.77 bits per heavy atom. The number of para-hydroxylation sites is 1. The van der Waals surface area contributed by atoms with Crippen LogP contribution in [0.2, 0.25) is 0 Å². The van der Waals surface area contributed by atoms with Gasteiger partial charge in [-0.1, -0.05) is 30.3 Å². The summed E-state index contributed by atoms with van der Waals surface area (Å²) in [5.74, 6) is -1.62. The number of benzene rings is 2. The number of esters is 1. The number of amides is 1. The number of hydrogen-bond acceptors (Lipinski definition) is 7. The highest BCUT2D eigenvalue weighted by Crippen LogP contribution is 2.23. The number of sulfonamides is 1. The van der Waals surface area contributed by atoms with Gasteiger partial charge in [0.15, 0.2) is 12.4 Å². The zero-order chi connectivity index (χ0) is 22.4. The predicted molar refractivity (Wildman–Crippen MR) is 117 cm³/mol. The first-order valence-corrected chi connectivity index (χ1v) is 11.4. The lowest BCUT2D eigenvalue weighted by Gasteiger charge is -2.12. The SMILES string of the molecule is CC(=O)c1cccc(NC(=O)COC(=O)c2ccccc2NS(=O)(=O)c2cccs2)c1. The molecule has 0 unspecified atom stereocenters. The highest BCUT2D eigenvalue weighted by Gasteiger charge is 2.20. The third-order valence-corrected chi connectivity index (χ3v) is 6.80. The summed E-state index contributed by atoms with van der Waals surface area (Å²) in [5.41, 5.74) is 0.823. The molecule has 3 rings (SSSR count). The highest BCUT2D eigenvalue weighted by molar-refractivity contribution is 7.94. The van der Waals surface area contributed by atoms with Crippen LogP contribution in [0.1, 0.15) is 27.6 Å². The normalized spacial score (nSPS) is 10.9. The fourth-order valence-corrected chi connectivity index (χ4v) is 4.66. The van der Waals surface area contributed by atoms with Gasteiger partial charge in [-0.3, -0.25) is 14.3 Å². The fourth-order valence-electron chi connectivity index (χ4n) is 2.58. The minimum Gasteiger partial charge on any atom is -0.452 e. The van der Waals surface area contributed by atoms with Crippen molar-refractivity contribution in [2.24, 2.45) is 0 Å². The number of thiophene rings is 1. The third-order valence-electron chi connectivity index (χ3n) is 4.04. The lowest BCUT2D eigenvalue weighted by atomic mass is 10.1. The minimum atomic E-state index is -3.86. The molecule has 0 bridgehead atoms. The average Bonchev–Trinajstić information content (AvgIpc) is 3.28. The Bertz CT molecular complexity index is 1220. The van der Waals surface area contributed by atoms with Gasteiger partial charge in [-0.15, -0.1) is 11.3 Å². The molecule has 1 aromatic heterocycles. The van der Waals surface area contributed by atoms with Gasteiger partial charge < -0.3 is 10.1 Å². The first-order valence-electron chi connectivity index (χ1n) is 8.99. The summed E-state index contributed by atoms with van der Waals surface area (Å²) in [7, 11) is -3.86. The van der Waals surface area contributed by atoms with E-state index in [-0.39, 0.29) is 21.2 Å². The van der Waals surface area contributed by atoms with Crippen LogP contribution in [-0.4, -0.2) is 32.7 Å². The van der Waals surface area contributed by atoms with E-state index < -0.39 is 28.5 Å². The number of nitrogens with one attached hydrogen (secondary N) is 2. The molecule has 0 fully saturated rings. The van der Waals surface area contributed by atoms with Crippen LogP contribution in [-0.2, 0) is 19.6 Å². The quantitative estimate of drug-likeness (QED) is 0.394. The number of ether oxygens (including phenoxy) is 1. The lowest BCUT2D eigenvalue weighted by Crippen LogP contribution is -2.22. The average molecular weight is 459 g/mol. The van der Waals surface area contributed by atoms with Crippen molar-refractivity contribution in [1.29, 1.82) is 0 Å². The summed E-state index contributed by atoms with van der Waals surface area (Å²) in [6.07, 6.45) is 0. The van der Waals surface area contributed by atoms with E-state index >= 15 is 0 Å². The molecule has 10 heteroatoms. The molecular formula is C21H18N2O6S2. The van der Waals surface area contributed by atoms with Crippen LogP contribution in [0.4, 0.5) is 11.4 Å². The molecule has 0 atom stereocenters. The molecule has 0 spiro atoms. The van der Waals surface area contributed by atoms with Crippen LogP contribution in [0, 0.1) is 0 Å². The van der Waals surface area contributed by atoms with Crippen molar-refractivity contribution in [2.75, 3.05) is 16.6 Å². The molecule has 0 saturated carbocycles.